The summed E-state index contributed by atoms with van der Waals surface area (Å²) in [6, 6.07) is 3.15. The molecular formula is C17H30N2O3Si. The molecule has 5 nitrogen and oxygen atoms in total. The number of rotatable bonds is 4. The summed E-state index contributed by atoms with van der Waals surface area (Å²) in [6.45, 7) is 11.5. The molecule has 23 heavy (non-hydrogen) atoms. The molecule has 1 aromatic heterocycles. The fraction of sp³-hybridized carbons (Fsp3) is 0.765. The van der Waals surface area contributed by atoms with Crippen molar-refractivity contribution >= 4 is 8.32 Å². The normalized spacial score (nSPS) is 22.9. The quantitative estimate of drug-likeness (QED) is 0.789. The van der Waals surface area contributed by atoms with Crippen LogP contribution in [0.4, 0.5) is 0 Å². The van der Waals surface area contributed by atoms with E-state index < -0.39 is 8.32 Å². The summed E-state index contributed by atoms with van der Waals surface area (Å²) < 4.78 is 13.7. The number of hydrogen-bond donors (Lipinski definition) is 0. The van der Waals surface area contributed by atoms with Crippen molar-refractivity contribution in [2.45, 2.75) is 76.8 Å². The highest BCUT2D eigenvalue weighted by atomic mass is 28.4. The minimum Gasteiger partial charge on any atom is -0.473 e. The third-order valence-electron chi connectivity index (χ3n) is 5.11. The average Bonchev–Trinajstić information content (AvgIpc) is 2.43. The smallest absolute Gasteiger partial charge is 0.266 e. The first kappa shape index (κ1) is 18.2. The van der Waals surface area contributed by atoms with Crippen LogP contribution in [0.1, 0.15) is 46.5 Å². The number of hydrogen-bond acceptors (Lipinski definition) is 4. The Balaban J connectivity index is 1.86. The summed E-state index contributed by atoms with van der Waals surface area (Å²) >= 11 is 0. The second-order valence-electron chi connectivity index (χ2n) is 8.03. The molecule has 0 spiro atoms. The summed E-state index contributed by atoms with van der Waals surface area (Å²) in [5.41, 5.74) is -0.121. The Bertz CT molecular complexity index is 584. The molecule has 0 atom stereocenters. The van der Waals surface area contributed by atoms with Gasteiger partial charge in [-0.25, -0.2) is 4.68 Å². The maximum Gasteiger partial charge on any atom is 0.266 e. The van der Waals surface area contributed by atoms with Crippen molar-refractivity contribution in [2.75, 3.05) is 0 Å². The highest BCUT2D eigenvalue weighted by Gasteiger charge is 2.39. The van der Waals surface area contributed by atoms with Gasteiger partial charge in [-0.2, -0.15) is 0 Å². The number of aryl methyl sites for hydroxylation is 1. The molecule has 6 heteroatoms. The van der Waals surface area contributed by atoms with Gasteiger partial charge in [-0.05, 0) is 43.8 Å². The van der Waals surface area contributed by atoms with E-state index in [0.29, 0.717) is 12.0 Å². The molecule has 1 aliphatic rings. The summed E-state index contributed by atoms with van der Waals surface area (Å²) in [5, 5.41) is 4.38. The van der Waals surface area contributed by atoms with E-state index in [1.165, 1.54) is 10.7 Å². The first-order valence-electron chi connectivity index (χ1n) is 8.47. The number of ether oxygens (including phenoxy) is 1. The molecule has 1 aromatic rings. The van der Waals surface area contributed by atoms with E-state index in [0.717, 1.165) is 25.7 Å². The maximum absolute atomic E-state index is 11.4. The lowest BCUT2D eigenvalue weighted by atomic mass is 9.95. The lowest BCUT2D eigenvalue weighted by Gasteiger charge is -2.41. The molecule has 2 rings (SSSR count). The van der Waals surface area contributed by atoms with Gasteiger partial charge in [0.15, 0.2) is 8.32 Å². The van der Waals surface area contributed by atoms with E-state index in [1.807, 2.05) is 0 Å². The van der Waals surface area contributed by atoms with Gasteiger partial charge in [0.1, 0.15) is 6.10 Å². The van der Waals surface area contributed by atoms with Gasteiger partial charge in [-0.1, -0.05) is 20.8 Å². The fourth-order valence-corrected chi connectivity index (χ4v) is 4.00. The molecule has 0 radical (unpaired) electrons. The zero-order valence-electron chi connectivity index (χ0n) is 15.3. The molecule has 1 fully saturated rings. The van der Waals surface area contributed by atoms with Gasteiger partial charge >= 0.3 is 0 Å². The van der Waals surface area contributed by atoms with Gasteiger partial charge < -0.3 is 9.16 Å². The lowest BCUT2D eigenvalue weighted by molar-refractivity contribution is 0.0691. The lowest BCUT2D eigenvalue weighted by Crippen LogP contribution is -2.45. The van der Waals surface area contributed by atoms with Crippen LogP contribution >= 0.6 is 0 Å². The Morgan fingerprint density at radius 1 is 1.13 bits per heavy atom. The van der Waals surface area contributed by atoms with E-state index in [4.69, 9.17) is 9.16 Å². The maximum atomic E-state index is 11.4. The van der Waals surface area contributed by atoms with E-state index in [-0.39, 0.29) is 16.7 Å². The molecule has 0 N–H and O–H groups in total. The molecule has 1 saturated carbocycles. The van der Waals surface area contributed by atoms with E-state index in [1.54, 1.807) is 13.1 Å². The SMILES string of the molecule is Cn1nc(OC2CCC(O[Si](C)(C)C(C)(C)C)CC2)ccc1=O. The second kappa shape index (κ2) is 6.77. The van der Waals surface area contributed by atoms with Crippen molar-refractivity contribution in [2.24, 2.45) is 7.05 Å². The third kappa shape index (κ3) is 4.67. The molecule has 0 amide bonds. The van der Waals surface area contributed by atoms with Crippen LogP contribution < -0.4 is 10.3 Å². The molecule has 0 aromatic carbocycles. The Hall–Kier alpha value is -1.14. The minimum absolute atomic E-state index is 0.121. The molecule has 1 aliphatic carbocycles. The third-order valence-corrected chi connectivity index (χ3v) is 9.65. The molecular weight excluding hydrogens is 308 g/mol. The van der Waals surface area contributed by atoms with Gasteiger partial charge in [0.25, 0.3) is 5.56 Å². The van der Waals surface area contributed by atoms with Crippen LogP contribution in [0.15, 0.2) is 16.9 Å². The van der Waals surface area contributed by atoms with E-state index >= 15 is 0 Å². The zero-order chi connectivity index (χ0) is 17.3. The molecule has 0 saturated heterocycles. The highest BCUT2D eigenvalue weighted by molar-refractivity contribution is 6.74. The largest absolute Gasteiger partial charge is 0.473 e. The zero-order valence-corrected chi connectivity index (χ0v) is 16.3. The Kier molecular flexibility index (Phi) is 5.36. The average molecular weight is 339 g/mol. The van der Waals surface area contributed by atoms with Crippen LogP contribution in [0.5, 0.6) is 5.88 Å². The molecule has 130 valence electrons. The van der Waals surface area contributed by atoms with Crippen LogP contribution in [-0.4, -0.2) is 30.3 Å². The van der Waals surface area contributed by atoms with Gasteiger partial charge in [0.05, 0.1) is 0 Å². The van der Waals surface area contributed by atoms with Crippen molar-refractivity contribution in [3.8, 4) is 5.88 Å². The van der Waals surface area contributed by atoms with Crippen LogP contribution in [0.25, 0.3) is 0 Å². The standard InChI is InChI=1S/C17H30N2O3Si/c1-17(2,3)23(5,6)22-14-9-7-13(8-10-14)21-15-11-12-16(20)19(4)18-15/h11-14H,7-10H2,1-6H3. The summed E-state index contributed by atoms with van der Waals surface area (Å²) in [5.74, 6) is 0.529. The number of aromatic nitrogens is 2. The topological polar surface area (TPSA) is 53.4 Å². The summed E-state index contributed by atoms with van der Waals surface area (Å²) in [7, 11) is -0.0554. The van der Waals surface area contributed by atoms with E-state index in [2.05, 4.69) is 39.0 Å². The first-order chi connectivity index (χ1) is 10.6. The van der Waals surface area contributed by atoms with Gasteiger partial charge in [-0.3, -0.25) is 4.79 Å². The molecule has 1 heterocycles. The monoisotopic (exact) mass is 338 g/mol. The van der Waals surface area contributed by atoms with Crippen molar-refractivity contribution in [3.63, 3.8) is 0 Å². The molecule has 0 aliphatic heterocycles. The molecule has 0 bridgehead atoms. The number of nitrogens with zero attached hydrogens (tertiary/aromatic N) is 2. The van der Waals surface area contributed by atoms with Crippen molar-refractivity contribution < 1.29 is 9.16 Å². The Morgan fingerprint density at radius 3 is 2.22 bits per heavy atom. The Morgan fingerprint density at radius 2 is 1.70 bits per heavy atom. The predicted molar refractivity (Wildman–Crippen MR) is 94.4 cm³/mol. The summed E-state index contributed by atoms with van der Waals surface area (Å²) in [4.78, 5) is 11.4. The van der Waals surface area contributed by atoms with Crippen molar-refractivity contribution in [3.05, 3.63) is 22.5 Å². The fourth-order valence-electron chi connectivity index (χ4n) is 2.58. The van der Waals surface area contributed by atoms with Crippen LogP contribution in [0, 0.1) is 0 Å². The van der Waals surface area contributed by atoms with Gasteiger partial charge in [0, 0.05) is 25.3 Å². The Labute approximate surface area is 140 Å². The molecule has 0 unspecified atom stereocenters. The summed E-state index contributed by atoms with van der Waals surface area (Å²) in [6.07, 6.45) is 4.53. The van der Waals surface area contributed by atoms with Crippen molar-refractivity contribution in [1.29, 1.82) is 0 Å². The minimum atomic E-state index is -1.69. The predicted octanol–water partition coefficient (Wildman–Crippen LogP) is 3.49. The van der Waals surface area contributed by atoms with Crippen LogP contribution in [0.3, 0.4) is 0 Å². The first-order valence-corrected chi connectivity index (χ1v) is 11.4. The second-order valence-corrected chi connectivity index (χ2v) is 12.8. The van der Waals surface area contributed by atoms with Crippen LogP contribution in [-0.2, 0) is 11.5 Å². The van der Waals surface area contributed by atoms with Crippen molar-refractivity contribution in [1.82, 2.24) is 9.78 Å². The van der Waals surface area contributed by atoms with E-state index in [9.17, 15) is 4.79 Å². The van der Waals surface area contributed by atoms with Crippen LogP contribution in [0.2, 0.25) is 18.1 Å². The van der Waals surface area contributed by atoms with Gasteiger partial charge in [-0.15, -0.1) is 5.10 Å². The van der Waals surface area contributed by atoms with Gasteiger partial charge in [0.2, 0.25) is 5.88 Å². The highest BCUT2D eigenvalue weighted by Crippen LogP contribution is 2.39.